The lowest BCUT2D eigenvalue weighted by molar-refractivity contribution is -0.134. The normalized spacial score (nSPS) is 21.0. The van der Waals surface area contributed by atoms with Crippen LogP contribution in [0.1, 0.15) is 12.5 Å². The summed E-state index contributed by atoms with van der Waals surface area (Å²) in [6, 6.07) is 7.19. The van der Waals surface area contributed by atoms with Crippen molar-refractivity contribution < 1.29 is 23.1 Å². The monoisotopic (exact) mass is 294 g/mol. The van der Waals surface area contributed by atoms with Crippen LogP contribution in [0.2, 0.25) is 0 Å². The quantitative estimate of drug-likeness (QED) is 0.484. The summed E-state index contributed by atoms with van der Waals surface area (Å²) in [5.41, 5.74) is 0.781. The topological polar surface area (TPSA) is 61.8 Å². The summed E-state index contributed by atoms with van der Waals surface area (Å²) in [4.78, 5) is 11.2. The maximum atomic E-state index is 12.7. The second kappa shape index (κ2) is 6.07. The Morgan fingerprint density at radius 2 is 2.15 bits per heavy atom. The number of hydrogen-bond acceptors (Lipinski definition) is 5. The van der Waals surface area contributed by atoms with Crippen molar-refractivity contribution >= 4 is 19.6 Å². The van der Waals surface area contributed by atoms with Gasteiger partial charge in [-0.3, -0.25) is 4.52 Å². The van der Waals surface area contributed by atoms with E-state index in [-0.39, 0.29) is 6.61 Å². The van der Waals surface area contributed by atoms with Crippen LogP contribution >= 0.6 is 7.60 Å². The zero-order chi connectivity index (χ0) is 14.6. The highest BCUT2D eigenvalue weighted by Gasteiger charge is 2.34. The Hall–Kier alpha value is -1.84. The molecule has 1 aromatic carbocycles. The molecule has 0 spiro atoms. The number of carbonyl (C=O) groups is 1. The highest BCUT2D eigenvalue weighted by atomic mass is 31.2. The smallest absolute Gasteiger partial charge is 0.410 e. The van der Waals surface area contributed by atoms with Gasteiger partial charge in [0.25, 0.3) is 0 Å². The molecule has 0 bridgehead atoms. The van der Waals surface area contributed by atoms with Gasteiger partial charge in [0.05, 0.1) is 19.0 Å². The highest BCUT2D eigenvalue weighted by molar-refractivity contribution is 7.59. The molecule has 0 aromatic heterocycles. The predicted octanol–water partition coefficient (Wildman–Crippen LogP) is 3.38. The number of methoxy groups -OCH3 is 1. The molecule has 106 valence electrons. The average molecular weight is 294 g/mol. The molecular formula is C14H15O5P. The molecule has 20 heavy (non-hydrogen) atoms. The van der Waals surface area contributed by atoms with Crippen molar-refractivity contribution in [1.82, 2.24) is 0 Å². The summed E-state index contributed by atoms with van der Waals surface area (Å²) < 4.78 is 28.0. The Bertz CT molecular complexity index is 618. The molecule has 0 amide bonds. The van der Waals surface area contributed by atoms with Crippen LogP contribution in [0.15, 0.2) is 41.7 Å². The molecule has 1 aliphatic rings. The van der Waals surface area contributed by atoms with Crippen LogP contribution in [0, 0.1) is 0 Å². The van der Waals surface area contributed by atoms with Gasteiger partial charge in [0.1, 0.15) is 5.75 Å². The van der Waals surface area contributed by atoms with E-state index in [2.05, 4.69) is 4.74 Å². The first-order valence-electron chi connectivity index (χ1n) is 6.10. The molecule has 0 fully saturated rings. The van der Waals surface area contributed by atoms with Gasteiger partial charge in [-0.05, 0) is 25.1 Å². The number of rotatable bonds is 4. The number of hydrogen-bond donors (Lipinski definition) is 0. The van der Waals surface area contributed by atoms with E-state index in [0.29, 0.717) is 11.1 Å². The number of ether oxygens (including phenoxy) is 1. The second-order valence-electron chi connectivity index (χ2n) is 3.97. The minimum atomic E-state index is -3.46. The summed E-state index contributed by atoms with van der Waals surface area (Å²) in [5.74, 6) is -0.0349. The van der Waals surface area contributed by atoms with E-state index in [4.69, 9.17) is 9.05 Å². The van der Waals surface area contributed by atoms with Crippen LogP contribution in [0.25, 0.3) is 6.08 Å². The number of esters is 1. The third-order valence-electron chi connectivity index (χ3n) is 2.65. The standard InChI is InChI=1S/C14H15O5P/c1-3-18-20(16)12(8-9-14(15)17-2)10-11-6-4-5-7-13(11)19-20/h4-10H,3H2,1-2H3/b9-8+. The first-order chi connectivity index (χ1) is 9.59. The number of fused-ring (bicyclic) bond motifs is 1. The molecule has 1 heterocycles. The molecule has 1 aliphatic heterocycles. The number of allylic oxidation sites excluding steroid dienone is 2. The molecule has 1 atom stereocenters. The molecule has 0 aliphatic carbocycles. The fourth-order valence-electron chi connectivity index (χ4n) is 1.74. The van der Waals surface area contributed by atoms with Gasteiger partial charge in [0.15, 0.2) is 0 Å². The molecule has 1 unspecified atom stereocenters. The first kappa shape index (κ1) is 14.6. The van der Waals surface area contributed by atoms with E-state index >= 15 is 0 Å². The number of carbonyl (C=O) groups excluding carboxylic acids is 1. The van der Waals surface area contributed by atoms with Crippen molar-refractivity contribution in [2.75, 3.05) is 13.7 Å². The SMILES string of the molecule is CCOP1(=O)Oc2ccccc2C=C1/C=C/C(=O)OC. The van der Waals surface area contributed by atoms with E-state index in [1.807, 2.05) is 12.1 Å². The van der Waals surface area contributed by atoms with Gasteiger partial charge in [-0.25, -0.2) is 9.36 Å². The first-order valence-corrected chi connectivity index (χ1v) is 7.65. The lowest BCUT2D eigenvalue weighted by Crippen LogP contribution is -2.05. The summed E-state index contributed by atoms with van der Waals surface area (Å²) in [5, 5.41) is 0.323. The van der Waals surface area contributed by atoms with Gasteiger partial charge >= 0.3 is 13.6 Å². The van der Waals surface area contributed by atoms with Gasteiger partial charge in [0, 0.05) is 11.6 Å². The van der Waals surface area contributed by atoms with E-state index in [0.717, 1.165) is 5.56 Å². The predicted molar refractivity (Wildman–Crippen MR) is 75.4 cm³/mol. The molecule has 1 aromatic rings. The number of benzene rings is 1. The summed E-state index contributed by atoms with van der Waals surface area (Å²) in [6.45, 7) is 1.97. The zero-order valence-corrected chi connectivity index (χ0v) is 12.1. The molecule has 0 N–H and O–H groups in total. The zero-order valence-electron chi connectivity index (χ0n) is 11.2. The molecule has 0 radical (unpaired) electrons. The fourth-order valence-corrected chi connectivity index (χ4v) is 3.36. The molecule has 0 saturated carbocycles. The van der Waals surface area contributed by atoms with Crippen molar-refractivity contribution in [3.05, 3.63) is 47.3 Å². The third kappa shape index (κ3) is 3.00. The van der Waals surface area contributed by atoms with Crippen LogP contribution in [-0.2, 0) is 18.6 Å². The Balaban J connectivity index is 2.42. The third-order valence-corrected chi connectivity index (χ3v) is 4.59. The van der Waals surface area contributed by atoms with Crippen LogP contribution in [0.5, 0.6) is 5.75 Å². The van der Waals surface area contributed by atoms with Crippen molar-refractivity contribution in [2.45, 2.75) is 6.92 Å². The summed E-state index contributed by atoms with van der Waals surface area (Å²) in [7, 11) is -2.18. The van der Waals surface area contributed by atoms with Gasteiger partial charge in [-0.1, -0.05) is 18.2 Å². The van der Waals surface area contributed by atoms with Gasteiger partial charge in [-0.15, -0.1) is 0 Å². The van der Waals surface area contributed by atoms with Crippen LogP contribution in [0.3, 0.4) is 0 Å². The fraction of sp³-hybridized carbons (Fsp3) is 0.214. The van der Waals surface area contributed by atoms with E-state index < -0.39 is 13.6 Å². The number of para-hydroxylation sites is 1. The molecular weight excluding hydrogens is 279 g/mol. The Morgan fingerprint density at radius 3 is 2.85 bits per heavy atom. The maximum Gasteiger partial charge on any atom is 0.410 e. The second-order valence-corrected chi connectivity index (χ2v) is 5.92. The van der Waals surface area contributed by atoms with E-state index in [1.54, 1.807) is 25.1 Å². The van der Waals surface area contributed by atoms with E-state index in [1.165, 1.54) is 19.3 Å². The lowest BCUT2D eigenvalue weighted by Gasteiger charge is -2.24. The minimum absolute atomic E-state index is 0.239. The van der Waals surface area contributed by atoms with E-state index in [9.17, 15) is 9.36 Å². The van der Waals surface area contributed by atoms with Gasteiger partial charge < -0.3 is 9.26 Å². The Morgan fingerprint density at radius 1 is 1.40 bits per heavy atom. The van der Waals surface area contributed by atoms with Crippen LogP contribution < -0.4 is 4.52 Å². The molecule has 0 saturated heterocycles. The highest BCUT2D eigenvalue weighted by Crippen LogP contribution is 2.60. The van der Waals surface area contributed by atoms with Crippen LogP contribution in [0.4, 0.5) is 0 Å². The Labute approximate surface area is 117 Å². The largest absolute Gasteiger partial charge is 0.466 e. The Kier molecular flexibility index (Phi) is 4.42. The maximum absolute atomic E-state index is 12.7. The van der Waals surface area contributed by atoms with Crippen molar-refractivity contribution in [1.29, 1.82) is 0 Å². The van der Waals surface area contributed by atoms with Gasteiger partial charge in [0.2, 0.25) is 0 Å². The molecule has 5 nitrogen and oxygen atoms in total. The minimum Gasteiger partial charge on any atom is -0.466 e. The lowest BCUT2D eigenvalue weighted by atomic mass is 10.2. The van der Waals surface area contributed by atoms with Crippen molar-refractivity contribution in [2.24, 2.45) is 0 Å². The van der Waals surface area contributed by atoms with Crippen LogP contribution in [-0.4, -0.2) is 19.7 Å². The molecule has 6 heteroatoms. The summed E-state index contributed by atoms with van der Waals surface area (Å²) in [6.07, 6.45) is 4.28. The molecule has 2 rings (SSSR count). The average Bonchev–Trinajstić information content (AvgIpc) is 2.44. The summed E-state index contributed by atoms with van der Waals surface area (Å²) >= 11 is 0. The van der Waals surface area contributed by atoms with Crippen molar-refractivity contribution in [3.8, 4) is 5.75 Å². The van der Waals surface area contributed by atoms with Crippen molar-refractivity contribution in [3.63, 3.8) is 0 Å². The van der Waals surface area contributed by atoms with Gasteiger partial charge in [-0.2, -0.15) is 0 Å².